The zero-order valence-electron chi connectivity index (χ0n) is 22.1. The first kappa shape index (κ1) is 30.0. The number of non-ortho nitro benzene ring substituents is 1. The second-order valence-electron chi connectivity index (χ2n) is 9.57. The van der Waals surface area contributed by atoms with Gasteiger partial charge in [-0.3, -0.25) is 14.9 Å². The van der Waals surface area contributed by atoms with E-state index < -0.39 is 16.9 Å². The number of carbonyl (C=O) groups excluding carboxylic acids is 2. The summed E-state index contributed by atoms with van der Waals surface area (Å²) in [4.78, 5) is 42.5. The molecule has 9 nitrogen and oxygen atoms in total. The van der Waals surface area contributed by atoms with Crippen LogP contribution in [0.4, 0.5) is 5.69 Å². The number of nitro groups is 1. The predicted octanol–water partition coefficient (Wildman–Crippen LogP) is 6.43. The van der Waals surface area contributed by atoms with Gasteiger partial charge < -0.3 is 15.0 Å². The third-order valence-corrected chi connectivity index (χ3v) is 6.37. The minimum absolute atomic E-state index is 0.0973. The molecule has 37 heavy (non-hydrogen) atoms. The smallest absolute Gasteiger partial charge is 0.334 e. The number of hydrogen-bond acceptors (Lipinski definition) is 6. The summed E-state index contributed by atoms with van der Waals surface area (Å²) >= 11 is 0. The first-order valence-corrected chi connectivity index (χ1v) is 13.7. The van der Waals surface area contributed by atoms with Gasteiger partial charge in [-0.2, -0.15) is 0 Å². The van der Waals surface area contributed by atoms with Crippen LogP contribution in [-0.2, 0) is 16.0 Å². The van der Waals surface area contributed by atoms with Crippen molar-refractivity contribution in [1.82, 2.24) is 15.3 Å². The van der Waals surface area contributed by atoms with Gasteiger partial charge in [0.25, 0.3) is 5.69 Å². The molecule has 0 aliphatic heterocycles. The maximum atomic E-state index is 12.8. The number of H-pyrrole nitrogens is 1. The number of esters is 1. The molecular weight excluding hydrogens is 472 g/mol. The molecule has 9 heteroatoms. The zero-order valence-corrected chi connectivity index (χ0v) is 22.1. The van der Waals surface area contributed by atoms with Gasteiger partial charge in [-0.1, -0.05) is 84.0 Å². The second-order valence-corrected chi connectivity index (χ2v) is 9.57. The lowest BCUT2D eigenvalue weighted by Gasteiger charge is -2.17. The molecular formula is C28H42N4O5. The quantitative estimate of drug-likeness (QED) is 0.0689. The average Bonchev–Trinajstić information content (AvgIpc) is 3.40. The van der Waals surface area contributed by atoms with Crippen molar-refractivity contribution in [3.8, 4) is 5.75 Å². The number of nitro benzene ring substituents is 1. The highest BCUT2D eigenvalue weighted by atomic mass is 16.6. The van der Waals surface area contributed by atoms with E-state index in [9.17, 15) is 19.7 Å². The highest BCUT2D eigenvalue weighted by Gasteiger charge is 2.24. The molecule has 0 saturated heterocycles. The number of amides is 1. The third-order valence-electron chi connectivity index (χ3n) is 6.37. The molecule has 1 aromatic heterocycles. The summed E-state index contributed by atoms with van der Waals surface area (Å²) in [5.74, 6) is -0.661. The van der Waals surface area contributed by atoms with E-state index in [1.165, 1.54) is 94.8 Å². The predicted molar refractivity (Wildman–Crippen MR) is 143 cm³/mol. The monoisotopic (exact) mass is 514 g/mol. The van der Waals surface area contributed by atoms with Gasteiger partial charge in [0.1, 0.15) is 11.8 Å². The van der Waals surface area contributed by atoms with Gasteiger partial charge in [0.2, 0.25) is 5.91 Å². The molecule has 2 N–H and O–H groups in total. The number of nitrogens with zero attached hydrogens (tertiary/aromatic N) is 2. The van der Waals surface area contributed by atoms with E-state index in [0.29, 0.717) is 12.1 Å². The molecule has 0 saturated carbocycles. The number of rotatable bonds is 20. The number of nitrogens with one attached hydrogen (secondary N) is 2. The van der Waals surface area contributed by atoms with Crippen LogP contribution in [0.25, 0.3) is 0 Å². The number of benzene rings is 1. The Morgan fingerprint density at radius 2 is 1.51 bits per heavy atom. The van der Waals surface area contributed by atoms with Gasteiger partial charge in [0.05, 0.1) is 11.3 Å². The van der Waals surface area contributed by atoms with Crippen molar-refractivity contribution in [1.29, 1.82) is 0 Å². The maximum absolute atomic E-state index is 12.8. The molecule has 1 heterocycles. The van der Waals surface area contributed by atoms with E-state index >= 15 is 0 Å². The van der Waals surface area contributed by atoms with Crippen LogP contribution < -0.4 is 10.1 Å². The lowest BCUT2D eigenvalue weighted by Crippen LogP contribution is -2.44. The van der Waals surface area contributed by atoms with Gasteiger partial charge in [-0.05, 0) is 18.6 Å². The van der Waals surface area contributed by atoms with Crippen molar-refractivity contribution in [2.75, 3.05) is 0 Å². The molecule has 0 bridgehead atoms. The van der Waals surface area contributed by atoms with Crippen LogP contribution in [0.3, 0.4) is 0 Å². The molecule has 0 fully saturated rings. The number of imidazole rings is 1. The fraction of sp³-hybridized carbons (Fsp3) is 0.607. The summed E-state index contributed by atoms with van der Waals surface area (Å²) in [6, 6.07) is 4.35. The minimum Gasteiger partial charge on any atom is -0.425 e. The molecule has 2 rings (SSSR count). The SMILES string of the molecule is CCCCCCCCCCCCCCCC(=O)NC(Cc1cnc[nH]1)C(=O)Oc1ccc([N+](=O)[O-])cc1. The van der Waals surface area contributed by atoms with Gasteiger partial charge in [-0.15, -0.1) is 0 Å². The topological polar surface area (TPSA) is 127 Å². The molecule has 204 valence electrons. The van der Waals surface area contributed by atoms with Crippen LogP contribution in [-0.4, -0.2) is 32.8 Å². The largest absolute Gasteiger partial charge is 0.425 e. The Morgan fingerprint density at radius 3 is 2.03 bits per heavy atom. The summed E-state index contributed by atoms with van der Waals surface area (Å²) in [6.07, 6.45) is 19.7. The van der Waals surface area contributed by atoms with Crippen LogP contribution >= 0.6 is 0 Å². The Labute approximate surface area is 219 Å². The Kier molecular flexibility index (Phi) is 14.7. The van der Waals surface area contributed by atoms with Crippen molar-refractivity contribution in [2.45, 2.75) is 109 Å². The van der Waals surface area contributed by atoms with Gasteiger partial charge in [-0.25, -0.2) is 9.78 Å². The Balaban J connectivity index is 1.66. The number of ether oxygens (including phenoxy) is 1. The summed E-state index contributed by atoms with van der Waals surface area (Å²) < 4.78 is 5.37. The van der Waals surface area contributed by atoms with Crippen molar-refractivity contribution >= 4 is 17.6 Å². The third kappa shape index (κ3) is 13.0. The van der Waals surface area contributed by atoms with E-state index in [1.54, 1.807) is 6.20 Å². The van der Waals surface area contributed by atoms with E-state index in [0.717, 1.165) is 19.3 Å². The molecule has 1 aromatic carbocycles. The molecule has 1 unspecified atom stereocenters. The van der Waals surface area contributed by atoms with Crippen LogP contribution in [0.1, 0.15) is 103 Å². The Bertz CT molecular complexity index is 915. The standard InChI is InChI=1S/C28H42N4O5/c1-2-3-4-5-6-7-8-9-10-11-12-13-14-15-27(33)31-26(20-23-21-29-22-30-23)28(34)37-25-18-16-24(17-19-25)32(35)36/h16-19,21-22,26H,2-15,20H2,1H3,(H,29,30)(H,31,33). The second kappa shape index (κ2) is 18.1. The fourth-order valence-electron chi connectivity index (χ4n) is 4.20. The van der Waals surface area contributed by atoms with Crippen molar-refractivity contribution in [2.24, 2.45) is 0 Å². The van der Waals surface area contributed by atoms with Crippen molar-refractivity contribution in [3.63, 3.8) is 0 Å². The summed E-state index contributed by atoms with van der Waals surface area (Å²) in [7, 11) is 0. The molecule has 2 aromatic rings. The molecule has 0 aliphatic rings. The van der Waals surface area contributed by atoms with Crippen LogP contribution in [0.5, 0.6) is 5.75 Å². The van der Waals surface area contributed by atoms with Crippen LogP contribution in [0.15, 0.2) is 36.8 Å². The molecule has 1 amide bonds. The Morgan fingerprint density at radius 1 is 0.946 bits per heavy atom. The van der Waals surface area contributed by atoms with Gasteiger partial charge in [0, 0.05) is 36.9 Å². The molecule has 0 aliphatic carbocycles. The number of aromatic amines is 1. The van der Waals surface area contributed by atoms with Crippen LogP contribution in [0.2, 0.25) is 0 Å². The summed E-state index contributed by atoms with van der Waals surface area (Å²) in [6.45, 7) is 2.24. The van der Waals surface area contributed by atoms with Crippen LogP contribution in [0, 0.1) is 10.1 Å². The fourth-order valence-corrected chi connectivity index (χ4v) is 4.20. The minimum atomic E-state index is -0.898. The lowest BCUT2D eigenvalue weighted by molar-refractivity contribution is -0.384. The number of unbranched alkanes of at least 4 members (excludes halogenated alkanes) is 12. The zero-order chi connectivity index (χ0) is 26.7. The van der Waals surface area contributed by atoms with E-state index in [1.807, 2.05) is 0 Å². The number of hydrogen-bond donors (Lipinski definition) is 2. The van der Waals surface area contributed by atoms with Crippen molar-refractivity contribution < 1.29 is 19.2 Å². The Hall–Kier alpha value is -3.23. The highest BCUT2D eigenvalue weighted by molar-refractivity contribution is 5.85. The number of aromatic nitrogens is 2. The van der Waals surface area contributed by atoms with Gasteiger partial charge in [0.15, 0.2) is 0 Å². The first-order valence-electron chi connectivity index (χ1n) is 13.7. The normalized spacial score (nSPS) is 11.7. The first-order chi connectivity index (χ1) is 18.0. The van der Waals surface area contributed by atoms with Gasteiger partial charge >= 0.3 is 5.97 Å². The number of carbonyl (C=O) groups is 2. The van der Waals surface area contributed by atoms with E-state index in [2.05, 4.69) is 22.2 Å². The summed E-state index contributed by atoms with van der Waals surface area (Å²) in [5.41, 5.74) is 0.590. The highest BCUT2D eigenvalue weighted by Crippen LogP contribution is 2.18. The molecule has 1 atom stereocenters. The molecule has 0 radical (unpaired) electrons. The average molecular weight is 515 g/mol. The maximum Gasteiger partial charge on any atom is 0.334 e. The van der Waals surface area contributed by atoms with E-state index in [-0.39, 0.29) is 23.8 Å². The lowest BCUT2D eigenvalue weighted by atomic mass is 10.0. The van der Waals surface area contributed by atoms with Crippen molar-refractivity contribution in [3.05, 3.63) is 52.6 Å². The molecule has 0 spiro atoms. The van der Waals surface area contributed by atoms with E-state index in [4.69, 9.17) is 4.74 Å². The summed E-state index contributed by atoms with van der Waals surface area (Å²) in [5, 5.41) is 13.6.